The van der Waals surface area contributed by atoms with Gasteiger partial charge in [-0.25, -0.2) is 0 Å². The minimum atomic E-state index is -2.98. The first-order valence-corrected chi connectivity index (χ1v) is 17.3. The number of carbonyl (C=O) groups excluding carboxylic acids is 1. The van der Waals surface area contributed by atoms with Crippen LogP contribution in [0.3, 0.4) is 0 Å². The molecule has 230 valence electrons. The first-order valence-electron chi connectivity index (χ1n) is 17.3. The van der Waals surface area contributed by atoms with Crippen molar-refractivity contribution in [3.05, 3.63) is 34.4 Å². The third-order valence-corrected chi connectivity index (χ3v) is 11.9. The Morgan fingerprint density at radius 3 is 1.61 bits per heavy atom. The van der Waals surface area contributed by atoms with Crippen molar-refractivity contribution in [1.82, 2.24) is 0 Å². The lowest BCUT2D eigenvalue weighted by Crippen LogP contribution is -2.39. The average molecular weight is 571 g/mol. The highest BCUT2D eigenvalue weighted by atomic mass is 19.3. The van der Waals surface area contributed by atoms with Crippen LogP contribution in [0.5, 0.6) is 0 Å². The van der Waals surface area contributed by atoms with Crippen molar-refractivity contribution in [3.8, 4) is 0 Å². The maximum absolute atomic E-state index is 15.3. The number of ether oxygens (including phenoxy) is 1. The second-order valence-electron chi connectivity index (χ2n) is 14.9. The van der Waals surface area contributed by atoms with E-state index in [-0.39, 0.29) is 6.10 Å². The van der Waals surface area contributed by atoms with Crippen LogP contribution in [0.2, 0.25) is 0 Å². The van der Waals surface area contributed by atoms with Crippen LogP contribution in [0.4, 0.5) is 8.78 Å². The Kier molecular flexibility index (Phi) is 10.6. The summed E-state index contributed by atoms with van der Waals surface area (Å²) in [5.41, 5.74) is 5.46. The van der Waals surface area contributed by atoms with E-state index in [1.807, 2.05) is 0 Å². The quantitative estimate of drug-likeness (QED) is 0.295. The normalized spacial score (nSPS) is 32.3. The number of aryl methyl sites for hydroxylation is 2. The summed E-state index contributed by atoms with van der Waals surface area (Å²) in [4.78, 5) is 11.5. The van der Waals surface area contributed by atoms with Crippen molar-refractivity contribution >= 4 is 5.78 Å². The van der Waals surface area contributed by atoms with E-state index >= 15 is 8.78 Å². The van der Waals surface area contributed by atoms with Gasteiger partial charge in [-0.05, 0) is 156 Å². The summed E-state index contributed by atoms with van der Waals surface area (Å²) in [7, 11) is 0. The van der Waals surface area contributed by atoms with Gasteiger partial charge in [0.15, 0.2) is 0 Å². The molecule has 1 aromatic carbocycles. The summed E-state index contributed by atoms with van der Waals surface area (Å²) in [6, 6.07) is 4.62. The highest BCUT2D eigenvalue weighted by Gasteiger charge is 2.45. The second kappa shape index (κ2) is 14.0. The largest absolute Gasteiger partial charge is 0.358 e. The van der Waals surface area contributed by atoms with Gasteiger partial charge in [0.05, 0.1) is 12.0 Å². The molecule has 0 amide bonds. The number of ketones is 1. The molecule has 4 aliphatic rings. The molecule has 4 fully saturated rings. The Labute approximate surface area is 248 Å². The number of halogens is 2. The Bertz CT molecular complexity index is 961. The van der Waals surface area contributed by atoms with E-state index in [2.05, 4.69) is 32.9 Å². The highest BCUT2D eigenvalue weighted by molar-refractivity contribution is 5.79. The average Bonchev–Trinajstić information content (AvgIpc) is 2.95. The van der Waals surface area contributed by atoms with Gasteiger partial charge in [-0.15, -0.1) is 0 Å². The van der Waals surface area contributed by atoms with E-state index < -0.39 is 12.0 Å². The van der Waals surface area contributed by atoms with E-state index in [0.29, 0.717) is 30.5 Å². The third-order valence-electron chi connectivity index (χ3n) is 11.9. The van der Waals surface area contributed by atoms with Gasteiger partial charge < -0.3 is 4.74 Å². The molecule has 4 aliphatic carbocycles. The Morgan fingerprint density at radius 1 is 0.659 bits per heavy atom. The van der Waals surface area contributed by atoms with Crippen LogP contribution in [0.25, 0.3) is 0 Å². The molecule has 0 radical (unpaired) electrons. The summed E-state index contributed by atoms with van der Waals surface area (Å²) >= 11 is 0. The molecule has 4 saturated carbocycles. The van der Waals surface area contributed by atoms with Crippen molar-refractivity contribution in [3.63, 3.8) is 0 Å². The van der Waals surface area contributed by atoms with Gasteiger partial charge in [0.2, 0.25) is 0 Å². The molecule has 0 saturated heterocycles. The monoisotopic (exact) mass is 570 g/mol. The maximum Gasteiger partial charge on any atom is 0.358 e. The summed E-state index contributed by atoms with van der Waals surface area (Å²) in [6.07, 6.45) is 16.2. The Balaban J connectivity index is 0.979. The summed E-state index contributed by atoms with van der Waals surface area (Å²) in [6.45, 7) is 6.55. The smallest absolute Gasteiger partial charge is 0.317 e. The van der Waals surface area contributed by atoms with Gasteiger partial charge in [-0.2, -0.15) is 8.78 Å². The van der Waals surface area contributed by atoms with Gasteiger partial charge in [0, 0.05) is 12.8 Å². The van der Waals surface area contributed by atoms with Crippen LogP contribution >= 0.6 is 0 Å². The SMILES string of the molecule is Cc1cc(CC2CCC(OC(F)(F)C3CCC(CC4CCC(CC5CCC(=O)CC5)CC4)CC3)CC2)cc(C)c1C. The predicted molar refractivity (Wildman–Crippen MR) is 163 cm³/mol. The lowest BCUT2D eigenvalue weighted by molar-refractivity contribution is -0.302. The zero-order chi connectivity index (χ0) is 29.0. The Morgan fingerprint density at radius 2 is 1.10 bits per heavy atom. The number of hydrogen-bond donors (Lipinski definition) is 0. The van der Waals surface area contributed by atoms with E-state index in [1.54, 1.807) is 0 Å². The molecule has 1 aromatic rings. The molecular formula is C37H56F2O2. The number of benzene rings is 1. The first kappa shape index (κ1) is 31.1. The molecule has 0 heterocycles. The van der Waals surface area contributed by atoms with Crippen LogP contribution in [0, 0.1) is 56.3 Å². The molecule has 4 heteroatoms. The van der Waals surface area contributed by atoms with Crippen LogP contribution < -0.4 is 0 Å². The lowest BCUT2D eigenvalue weighted by atomic mass is 9.71. The summed E-state index contributed by atoms with van der Waals surface area (Å²) in [5, 5.41) is 0. The fraction of sp³-hybridized carbons (Fsp3) is 0.811. The van der Waals surface area contributed by atoms with Gasteiger partial charge in [0.25, 0.3) is 0 Å². The fourth-order valence-corrected chi connectivity index (χ4v) is 8.96. The molecule has 0 unspecified atom stereocenters. The number of hydrogen-bond acceptors (Lipinski definition) is 2. The molecule has 0 bridgehead atoms. The summed E-state index contributed by atoms with van der Waals surface area (Å²) < 4.78 is 36.1. The molecule has 0 aliphatic heterocycles. The van der Waals surface area contributed by atoms with Crippen LogP contribution in [0.15, 0.2) is 12.1 Å². The molecular weight excluding hydrogens is 514 g/mol. The van der Waals surface area contributed by atoms with Gasteiger partial charge >= 0.3 is 6.11 Å². The molecule has 41 heavy (non-hydrogen) atoms. The maximum atomic E-state index is 15.3. The van der Waals surface area contributed by atoms with Crippen LogP contribution in [-0.2, 0) is 16.0 Å². The topological polar surface area (TPSA) is 26.3 Å². The highest BCUT2D eigenvalue weighted by Crippen LogP contribution is 2.45. The van der Waals surface area contributed by atoms with Gasteiger partial charge in [-0.3, -0.25) is 4.79 Å². The predicted octanol–water partition coefficient (Wildman–Crippen LogP) is 10.5. The van der Waals surface area contributed by atoms with E-state index in [0.717, 1.165) is 88.4 Å². The van der Waals surface area contributed by atoms with Crippen molar-refractivity contribution < 1.29 is 18.3 Å². The van der Waals surface area contributed by atoms with Crippen molar-refractivity contribution in [1.29, 1.82) is 0 Å². The third kappa shape index (κ3) is 8.64. The zero-order valence-corrected chi connectivity index (χ0v) is 26.2. The molecule has 0 aromatic heterocycles. The van der Waals surface area contributed by atoms with E-state index in [1.165, 1.54) is 60.8 Å². The number of carbonyl (C=O) groups is 1. The first-order chi connectivity index (χ1) is 19.6. The minimum Gasteiger partial charge on any atom is -0.317 e. The number of Topliss-reactive ketones (excluding diaryl/α,β-unsaturated/α-hetero) is 1. The fourth-order valence-electron chi connectivity index (χ4n) is 8.96. The standard InChI is InChI=1S/C37H56F2O2/c1-25-20-33(21-26(2)27(25)3)24-32-12-18-36(19-13-32)41-37(38,39)34-14-8-30(9-15-34)22-28-4-6-29(7-5-28)23-31-10-16-35(40)17-11-31/h20-21,28-32,34,36H,4-19,22-24H2,1-3H3. The van der Waals surface area contributed by atoms with Crippen LogP contribution in [-0.4, -0.2) is 18.0 Å². The second-order valence-corrected chi connectivity index (χ2v) is 14.9. The van der Waals surface area contributed by atoms with Gasteiger partial charge in [-0.1, -0.05) is 37.8 Å². The van der Waals surface area contributed by atoms with Gasteiger partial charge in [0.1, 0.15) is 5.78 Å². The number of alkyl halides is 2. The minimum absolute atomic E-state index is 0.287. The molecule has 0 spiro atoms. The van der Waals surface area contributed by atoms with Crippen LogP contribution in [0.1, 0.15) is 138 Å². The summed E-state index contributed by atoms with van der Waals surface area (Å²) in [5.74, 6) is 3.48. The van der Waals surface area contributed by atoms with Crippen molar-refractivity contribution in [2.45, 2.75) is 155 Å². The Hall–Kier alpha value is -1.29. The number of rotatable bonds is 9. The van der Waals surface area contributed by atoms with Crippen molar-refractivity contribution in [2.24, 2.45) is 35.5 Å². The molecule has 0 atom stereocenters. The van der Waals surface area contributed by atoms with Crippen molar-refractivity contribution in [2.75, 3.05) is 0 Å². The van der Waals surface area contributed by atoms with E-state index in [9.17, 15) is 4.79 Å². The molecule has 0 N–H and O–H groups in total. The zero-order valence-electron chi connectivity index (χ0n) is 26.2. The molecule has 5 rings (SSSR count). The molecule has 2 nitrogen and oxygen atoms in total. The lowest BCUT2D eigenvalue weighted by Gasteiger charge is -2.38. The van der Waals surface area contributed by atoms with E-state index in [4.69, 9.17) is 4.74 Å².